The number of aromatic nitrogens is 2. The van der Waals surface area contributed by atoms with E-state index in [0.29, 0.717) is 5.92 Å². The summed E-state index contributed by atoms with van der Waals surface area (Å²) in [6, 6.07) is 14.9. The van der Waals surface area contributed by atoms with E-state index in [1.54, 1.807) is 26.4 Å². The van der Waals surface area contributed by atoms with Crippen LogP contribution in [0.5, 0.6) is 11.5 Å². The standard InChI is InChI=1S/C21H27NO4.C11H11NO2/c1-15-13-20(23)22(19-14-17(24-2)3-4-18(15)19)10-7-16-5-8-21(9-6-16)25-11-12-26-21;1-7-5-11(13)12-10-6-8(14-2)3-4-9(7)10/h3-4,13-14,16H,5-12H2,1-2H3;3-6H,1-2H3,(H,12,13). The van der Waals surface area contributed by atoms with Crippen LogP contribution in [0, 0.1) is 19.8 Å². The molecule has 8 heteroatoms. The molecule has 0 atom stereocenters. The number of benzene rings is 2. The van der Waals surface area contributed by atoms with E-state index in [2.05, 4.69) is 4.98 Å². The molecule has 1 saturated carbocycles. The molecule has 1 aliphatic carbocycles. The normalized spacial score (nSPS) is 16.7. The van der Waals surface area contributed by atoms with E-state index in [-0.39, 0.29) is 16.9 Å². The maximum absolute atomic E-state index is 12.6. The number of pyridine rings is 2. The van der Waals surface area contributed by atoms with E-state index in [0.717, 1.165) is 96.3 Å². The lowest BCUT2D eigenvalue weighted by Gasteiger charge is -2.35. The van der Waals surface area contributed by atoms with Gasteiger partial charge in [-0.25, -0.2) is 0 Å². The molecule has 40 heavy (non-hydrogen) atoms. The summed E-state index contributed by atoms with van der Waals surface area (Å²) in [4.78, 5) is 26.6. The number of hydrogen-bond donors (Lipinski definition) is 1. The Morgan fingerprint density at radius 2 is 1.50 bits per heavy atom. The average Bonchev–Trinajstić information content (AvgIpc) is 3.41. The fourth-order valence-electron chi connectivity index (χ4n) is 5.93. The van der Waals surface area contributed by atoms with Crippen molar-refractivity contribution in [1.82, 2.24) is 9.55 Å². The largest absolute Gasteiger partial charge is 0.497 e. The molecule has 1 saturated heterocycles. The van der Waals surface area contributed by atoms with Crippen molar-refractivity contribution in [2.24, 2.45) is 5.92 Å². The van der Waals surface area contributed by atoms with Gasteiger partial charge in [0.1, 0.15) is 11.5 Å². The number of fused-ring (bicyclic) bond motifs is 2. The van der Waals surface area contributed by atoms with E-state index in [4.69, 9.17) is 18.9 Å². The van der Waals surface area contributed by atoms with E-state index in [9.17, 15) is 9.59 Å². The van der Waals surface area contributed by atoms with Gasteiger partial charge in [0.25, 0.3) is 5.56 Å². The highest BCUT2D eigenvalue weighted by Gasteiger charge is 2.40. The minimum Gasteiger partial charge on any atom is -0.497 e. The quantitative estimate of drug-likeness (QED) is 0.356. The van der Waals surface area contributed by atoms with Crippen LogP contribution in [0.1, 0.15) is 43.2 Å². The van der Waals surface area contributed by atoms with Crippen molar-refractivity contribution in [2.45, 2.75) is 58.3 Å². The van der Waals surface area contributed by atoms with Crippen LogP contribution in [0.3, 0.4) is 0 Å². The first-order valence-electron chi connectivity index (χ1n) is 13.9. The molecule has 8 nitrogen and oxygen atoms in total. The Hall–Kier alpha value is -3.62. The van der Waals surface area contributed by atoms with Crippen LogP contribution in [0.2, 0.25) is 0 Å². The Morgan fingerprint density at radius 1 is 0.875 bits per heavy atom. The maximum atomic E-state index is 12.6. The third kappa shape index (κ3) is 5.93. The van der Waals surface area contributed by atoms with Crippen LogP contribution in [0.4, 0.5) is 0 Å². The molecule has 3 heterocycles. The van der Waals surface area contributed by atoms with Crippen LogP contribution in [0.25, 0.3) is 21.8 Å². The van der Waals surface area contributed by atoms with Crippen molar-refractivity contribution >= 4 is 21.8 Å². The van der Waals surface area contributed by atoms with Gasteiger partial charge in [0.15, 0.2) is 5.79 Å². The highest BCUT2D eigenvalue weighted by atomic mass is 16.7. The van der Waals surface area contributed by atoms with Gasteiger partial charge in [0.05, 0.1) is 38.5 Å². The predicted octanol–water partition coefficient (Wildman–Crippen LogP) is 5.49. The molecule has 0 amide bonds. The molecular weight excluding hydrogens is 508 g/mol. The molecule has 4 aromatic rings. The smallest absolute Gasteiger partial charge is 0.251 e. The zero-order chi connectivity index (χ0) is 28.3. The van der Waals surface area contributed by atoms with Crippen LogP contribution < -0.4 is 20.6 Å². The number of ether oxygens (including phenoxy) is 4. The van der Waals surface area contributed by atoms with Crippen molar-refractivity contribution in [3.05, 3.63) is 80.4 Å². The lowest BCUT2D eigenvalue weighted by Crippen LogP contribution is -2.35. The molecule has 0 unspecified atom stereocenters. The summed E-state index contributed by atoms with van der Waals surface area (Å²) in [7, 11) is 3.26. The minimum atomic E-state index is -0.308. The number of methoxy groups -OCH3 is 2. The Labute approximate surface area is 233 Å². The molecule has 2 aliphatic rings. The Bertz CT molecular complexity index is 1610. The molecule has 212 valence electrons. The summed E-state index contributed by atoms with van der Waals surface area (Å²) in [6.45, 7) is 6.09. The molecule has 0 bridgehead atoms. The molecule has 2 aromatic carbocycles. The summed E-state index contributed by atoms with van der Waals surface area (Å²) in [5.41, 5.74) is 3.75. The summed E-state index contributed by atoms with van der Waals surface area (Å²) in [5, 5.41) is 2.16. The molecule has 6 rings (SSSR count). The van der Waals surface area contributed by atoms with Crippen LogP contribution >= 0.6 is 0 Å². The monoisotopic (exact) mass is 546 g/mol. The molecule has 0 radical (unpaired) electrons. The lowest BCUT2D eigenvalue weighted by molar-refractivity contribution is -0.182. The van der Waals surface area contributed by atoms with Crippen molar-refractivity contribution in [3.63, 3.8) is 0 Å². The first kappa shape index (κ1) is 27.9. The maximum Gasteiger partial charge on any atom is 0.251 e. The highest BCUT2D eigenvalue weighted by molar-refractivity contribution is 5.84. The number of hydrogen-bond acceptors (Lipinski definition) is 6. The molecule has 2 aromatic heterocycles. The Kier molecular flexibility index (Phi) is 8.28. The van der Waals surface area contributed by atoms with E-state index < -0.39 is 0 Å². The molecule has 1 aliphatic heterocycles. The zero-order valence-corrected chi connectivity index (χ0v) is 23.7. The Balaban J connectivity index is 0.000000194. The topological polar surface area (TPSA) is 91.8 Å². The minimum absolute atomic E-state index is 0.0676. The first-order chi connectivity index (χ1) is 19.3. The number of nitrogens with one attached hydrogen (secondary N) is 1. The number of nitrogens with zero attached hydrogens (tertiary/aromatic N) is 1. The highest BCUT2D eigenvalue weighted by Crippen LogP contribution is 2.39. The second-order valence-electron chi connectivity index (χ2n) is 10.8. The molecule has 2 fully saturated rings. The second-order valence-corrected chi connectivity index (χ2v) is 10.8. The SMILES string of the molecule is COc1ccc2c(C)cc(=O)[nH]c2c1.COc1ccc2c(C)cc(=O)n(CCC3CCC4(CC3)OCCO4)c2c1. The van der Waals surface area contributed by atoms with E-state index >= 15 is 0 Å². The van der Waals surface area contributed by atoms with E-state index in [1.807, 2.05) is 54.8 Å². The number of H-pyrrole nitrogens is 1. The molecular formula is C32H38N2O6. The van der Waals surface area contributed by atoms with Gasteiger partial charge in [-0.15, -0.1) is 0 Å². The van der Waals surface area contributed by atoms with Gasteiger partial charge < -0.3 is 28.5 Å². The third-order valence-electron chi connectivity index (χ3n) is 8.23. The van der Waals surface area contributed by atoms with Crippen molar-refractivity contribution < 1.29 is 18.9 Å². The second kappa shape index (κ2) is 11.9. The van der Waals surface area contributed by atoms with Crippen molar-refractivity contribution in [3.8, 4) is 11.5 Å². The van der Waals surface area contributed by atoms with Crippen molar-refractivity contribution in [2.75, 3.05) is 27.4 Å². The average molecular weight is 547 g/mol. The number of aryl methyl sites for hydroxylation is 3. The van der Waals surface area contributed by atoms with Crippen LogP contribution in [-0.2, 0) is 16.0 Å². The summed E-state index contributed by atoms with van der Waals surface area (Å²) in [6.07, 6.45) is 5.14. The van der Waals surface area contributed by atoms with Gasteiger partial charge >= 0.3 is 0 Å². The van der Waals surface area contributed by atoms with Crippen LogP contribution in [-0.4, -0.2) is 42.8 Å². The van der Waals surface area contributed by atoms with Gasteiger partial charge in [-0.3, -0.25) is 9.59 Å². The predicted molar refractivity (Wildman–Crippen MR) is 157 cm³/mol. The summed E-state index contributed by atoms with van der Waals surface area (Å²) >= 11 is 0. The van der Waals surface area contributed by atoms with Gasteiger partial charge in [0.2, 0.25) is 5.56 Å². The van der Waals surface area contributed by atoms with Gasteiger partial charge in [0, 0.05) is 54.4 Å². The molecule has 1 spiro atoms. The number of rotatable bonds is 5. The fourth-order valence-corrected chi connectivity index (χ4v) is 5.93. The molecule has 1 N–H and O–H groups in total. The van der Waals surface area contributed by atoms with Crippen LogP contribution in [0.15, 0.2) is 58.1 Å². The summed E-state index contributed by atoms with van der Waals surface area (Å²) < 4.78 is 24.0. The van der Waals surface area contributed by atoms with Gasteiger partial charge in [-0.1, -0.05) is 0 Å². The lowest BCUT2D eigenvalue weighted by atomic mass is 9.83. The van der Waals surface area contributed by atoms with Gasteiger partial charge in [-0.2, -0.15) is 0 Å². The number of aromatic amines is 1. The third-order valence-corrected chi connectivity index (χ3v) is 8.23. The first-order valence-corrected chi connectivity index (χ1v) is 13.9. The fraction of sp³-hybridized carbons (Fsp3) is 0.438. The van der Waals surface area contributed by atoms with Crippen molar-refractivity contribution in [1.29, 1.82) is 0 Å². The summed E-state index contributed by atoms with van der Waals surface area (Å²) in [5.74, 6) is 1.84. The zero-order valence-electron chi connectivity index (χ0n) is 23.7. The van der Waals surface area contributed by atoms with E-state index in [1.165, 1.54) is 0 Å². The van der Waals surface area contributed by atoms with Gasteiger partial charge in [-0.05, 0) is 74.4 Å². The Morgan fingerprint density at radius 3 is 2.17 bits per heavy atom.